The predicted molar refractivity (Wildman–Crippen MR) is 84.1 cm³/mol. The van der Waals surface area contributed by atoms with E-state index in [2.05, 4.69) is 37.5 Å². The van der Waals surface area contributed by atoms with Gasteiger partial charge in [-0.3, -0.25) is 0 Å². The normalized spacial score (nSPS) is 22.6. The Kier molecular flexibility index (Phi) is 5.05. The number of anilines is 1. The molecule has 1 fully saturated rings. The summed E-state index contributed by atoms with van der Waals surface area (Å²) in [6.07, 6.45) is 4.82. The number of hydrogen-bond acceptors (Lipinski definition) is 1. The van der Waals surface area contributed by atoms with E-state index in [-0.39, 0.29) is 6.03 Å². The molecule has 0 saturated heterocycles. The zero-order valence-corrected chi connectivity index (χ0v) is 12.8. The van der Waals surface area contributed by atoms with Crippen molar-refractivity contribution in [3.63, 3.8) is 0 Å². The molecule has 3 nitrogen and oxygen atoms in total. The van der Waals surface area contributed by atoms with Crippen LogP contribution < -0.4 is 10.6 Å². The van der Waals surface area contributed by atoms with E-state index in [1.807, 2.05) is 18.2 Å². The van der Waals surface area contributed by atoms with Gasteiger partial charge in [0.05, 0.1) is 0 Å². The minimum Gasteiger partial charge on any atom is -0.335 e. The third kappa shape index (κ3) is 3.75. The zero-order valence-electron chi connectivity index (χ0n) is 12.8. The van der Waals surface area contributed by atoms with E-state index >= 15 is 0 Å². The fraction of sp³-hybridized carbons (Fsp3) is 0.588. The summed E-state index contributed by atoms with van der Waals surface area (Å²) in [6, 6.07) is 8.27. The smallest absolute Gasteiger partial charge is 0.319 e. The van der Waals surface area contributed by atoms with Gasteiger partial charge in [-0.15, -0.1) is 0 Å². The number of para-hydroxylation sites is 1. The number of urea groups is 1. The molecular formula is C17H26N2O. The topological polar surface area (TPSA) is 41.1 Å². The molecule has 1 aliphatic carbocycles. The highest BCUT2D eigenvalue weighted by Crippen LogP contribution is 2.25. The van der Waals surface area contributed by atoms with Crippen molar-refractivity contribution in [2.45, 2.75) is 58.4 Å². The van der Waals surface area contributed by atoms with E-state index in [4.69, 9.17) is 0 Å². The zero-order chi connectivity index (χ0) is 14.5. The maximum atomic E-state index is 12.2. The highest BCUT2D eigenvalue weighted by molar-refractivity contribution is 5.90. The Morgan fingerprint density at radius 1 is 1.20 bits per heavy atom. The van der Waals surface area contributed by atoms with E-state index in [0.29, 0.717) is 17.9 Å². The molecular weight excluding hydrogens is 248 g/mol. The van der Waals surface area contributed by atoms with Crippen molar-refractivity contribution >= 4 is 11.7 Å². The van der Waals surface area contributed by atoms with Crippen LogP contribution in [0.5, 0.6) is 0 Å². The second kappa shape index (κ2) is 6.78. The van der Waals surface area contributed by atoms with E-state index in [9.17, 15) is 4.79 Å². The quantitative estimate of drug-likeness (QED) is 0.836. The van der Waals surface area contributed by atoms with Crippen molar-refractivity contribution in [2.75, 3.05) is 5.32 Å². The molecule has 2 amide bonds. The van der Waals surface area contributed by atoms with Crippen LogP contribution in [0.2, 0.25) is 0 Å². The number of benzene rings is 1. The molecule has 1 aliphatic rings. The van der Waals surface area contributed by atoms with Crippen LogP contribution in [0, 0.1) is 5.92 Å². The summed E-state index contributed by atoms with van der Waals surface area (Å²) in [5.74, 6) is 0.981. The molecule has 0 aromatic heterocycles. The largest absolute Gasteiger partial charge is 0.335 e. The number of hydrogen-bond donors (Lipinski definition) is 2. The Labute approximate surface area is 122 Å². The van der Waals surface area contributed by atoms with Crippen LogP contribution in [0.15, 0.2) is 24.3 Å². The van der Waals surface area contributed by atoms with Crippen LogP contribution in [0.25, 0.3) is 0 Å². The summed E-state index contributed by atoms with van der Waals surface area (Å²) < 4.78 is 0. The minimum absolute atomic E-state index is 0.0724. The molecule has 0 aliphatic heterocycles. The van der Waals surface area contributed by atoms with Gasteiger partial charge in [0.1, 0.15) is 0 Å². The van der Waals surface area contributed by atoms with E-state index in [0.717, 1.165) is 12.1 Å². The SMILES string of the molecule is CC(C)c1ccccc1NC(=O)N[C@@H]1CCCC[C@@H]1C. The minimum atomic E-state index is -0.0724. The van der Waals surface area contributed by atoms with Crippen LogP contribution in [0.4, 0.5) is 10.5 Å². The van der Waals surface area contributed by atoms with Crippen LogP contribution >= 0.6 is 0 Å². The van der Waals surface area contributed by atoms with Crippen molar-refractivity contribution < 1.29 is 4.79 Å². The van der Waals surface area contributed by atoms with Crippen molar-refractivity contribution in [1.82, 2.24) is 5.32 Å². The molecule has 3 heteroatoms. The number of amides is 2. The maximum Gasteiger partial charge on any atom is 0.319 e. The molecule has 0 heterocycles. The number of nitrogens with one attached hydrogen (secondary N) is 2. The molecule has 1 saturated carbocycles. The van der Waals surface area contributed by atoms with Crippen LogP contribution in [0.3, 0.4) is 0 Å². The summed E-state index contributed by atoms with van der Waals surface area (Å²) in [5, 5.41) is 6.14. The molecule has 0 radical (unpaired) electrons. The Morgan fingerprint density at radius 2 is 1.90 bits per heavy atom. The molecule has 0 spiro atoms. The first-order chi connectivity index (χ1) is 9.58. The average molecular weight is 274 g/mol. The Bertz CT molecular complexity index is 456. The molecule has 2 rings (SSSR count). The van der Waals surface area contributed by atoms with Gasteiger partial charge < -0.3 is 10.6 Å². The number of carbonyl (C=O) groups is 1. The third-order valence-corrected chi connectivity index (χ3v) is 4.26. The van der Waals surface area contributed by atoms with Gasteiger partial charge in [0.2, 0.25) is 0 Å². The molecule has 0 unspecified atom stereocenters. The third-order valence-electron chi connectivity index (χ3n) is 4.26. The Balaban J connectivity index is 1.97. The van der Waals surface area contributed by atoms with Crippen LogP contribution in [-0.2, 0) is 0 Å². The fourth-order valence-corrected chi connectivity index (χ4v) is 2.97. The summed E-state index contributed by atoms with van der Waals surface area (Å²) >= 11 is 0. The molecule has 110 valence electrons. The highest BCUT2D eigenvalue weighted by Gasteiger charge is 2.23. The molecule has 20 heavy (non-hydrogen) atoms. The average Bonchev–Trinajstić information content (AvgIpc) is 2.41. The van der Waals surface area contributed by atoms with E-state index in [1.165, 1.54) is 24.8 Å². The summed E-state index contributed by atoms with van der Waals surface area (Å²) in [6.45, 7) is 6.51. The Morgan fingerprint density at radius 3 is 2.60 bits per heavy atom. The van der Waals surface area contributed by atoms with Crippen molar-refractivity contribution in [1.29, 1.82) is 0 Å². The number of rotatable bonds is 3. The second-order valence-electron chi connectivity index (χ2n) is 6.21. The molecule has 1 aromatic carbocycles. The van der Waals surface area contributed by atoms with E-state index in [1.54, 1.807) is 0 Å². The number of carbonyl (C=O) groups excluding carboxylic acids is 1. The fourth-order valence-electron chi connectivity index (χ4n) is 2.97. The van der Waals surface area contributed by atoms with Crippen LogP contribution in [-0.4, -0.2) is 12.1 Å². The van der Waals surface area contributed by atoms with Gasteiger partial charge in [-0.05, 0) is 36.3 Å². The first-order valence-corrected chi connectivity index (χ1v) is 7.74. The molecule has 1 aromatic rings. The van der Waals surface area contributed by atoms with Gasteiger partial charge in [0.25, 0.3) is 0 Å². The second-order valence-corrected chi connectivity index (χ2v) is 6.21. The first-order valence-electron chi connectivity index (χ1n) is 7.74. The lowest BCUT2D eigenvalue weighted by molar-refractivity contribution is 0.232. The summed E-state index contributed by atoms with van der Waals surface area (Å²) in [4.78, 5) is 12.2. The van der Waals surface area contributed by atoms with Gasteiger partial charge >= 0.3 is 6.03 Å². The van der Waals surface area contributed by atoms with Gasteiger partial charge in [0, 0.05) is 11.7 Å². The summed E-state index contributed by atoms with van der Waals surface area (Å²) in [5.41, 5.74) is 2.10. The lowest BCUT2D eigenvalue weighted by atomic mass is 9.86. The molecule has 2 atom stereocenters. The molecule has 0 bridgehead atoms. The Hall–Kier alpha value is -1.51. The highest BCUT2D eigenvalue weighted by atomic mass is 16.2. The standard InChI is InChI=1S/C17H26N2O/c1-12(2)14-9-5-7-11-16(14)19-17(20)18-15-10-6-4-8-13(15)3/h5,7,9,11-13,15H,4,6,8,10H2,1-3H3,(H2,18,19,20)/t13-,15+/m0/s1. The van der Waals surface area contributed by atoms with Gasteiger partial charge in [0.15, 0.2) is 0 Å². The molecule has 2 N–H and O–H groups in total. The van der Waals surface area contributed by atoms with Gasteiger partial charge in [-0.2, -0.15) is 0 Å². The van der Waals surface area contributed by atoms with Crippen molar-refractivity contribution in [3.05, 3.63) is 29.8 Å². The summed E-state index contributed by atoms with van der Waals surface area (Å²) in [7, 11) is 0. The van der Waals surface area contributed by atoms with E-state index < -0.39 is 0 Å². The van der Waals surface area contributed by atoms with Crippen molar-refractivity contribution in [2.24, 2.45) is 5.92 Å². The lowest BCUT2D eigenvalue weighted by Crippen LogP contribution is -2.43. The first kappa shape index (κ1) is 14.9. The predicted octanol–water partition coefficient (Wildman–Crippen LogP) is 4.51. The van der Waals surface area contributed by atoms with Gasteiger partial charge in [-0.25, -0.2) is 4.79 Å². The maximum absolute atomic E-state index is 12.2. The van der Waals surface area contributed by atoms with Crippen molar-refractivity contribution in [3.8, 4) is 0 Å². The monoisotopic (exact) mass is 274 g/mol. The lowest BCUT2D eigenvalue weighted by Gasteiger charge is -2.29. The van der Waals surface area contributed by atoms with Crippen LogP contribution in [0.1, 0.15) is 57.9 Å². The van der Waals surface area contributed by atoms with Gasteiger partial charge in [-0.1, -0.05) is 51.8 Å².